The first-order chi connectivity index (χ1) is 12.4. The lowest BCUT2D eigenvalue weighted by atomic mass is 9.99. The number of aliphatic hydroxyl groups is 1. The SMILES string of the molecule is Cc1ccc(C(C)C)c(OCC(=O)N2N=C(C(C)C)C[C@@]2(O)C(F)(F)F)c1. The van der Waals surface area contributed by atoms with Gasteiger partial charge >= 0.3 is 6.18 Å². The highest BCUT2D eigenvalue weighted by atomic mass is 19.4. The Hall–Kier alpha value is -2.09. The second-order valence-electron chi connectivity index (χ2n) is 7.43. The van der Waals surface area contributed by atoms with Crippen molar-refractivity contribution in [3.63, 3.8) is 0 Å². The van der Waals surface area contributed by atoms with Crippen molar-refractivity contribution in [2.24, 2.45) is 11.0 Å². The van der Waals surface area contributed by atoms with Crippen molar-refractivity contribution in [1.29, 1.82) is 0 Å². The van der Waals surface area contributed by atoms with E-state index in [1.165, 1.54) is 0 Å². The first-order valence-corrected chi connectivity index (χ1v) is 8.79. The molecule has 0 aromatic heterocycles. The fourth-order valence-electron chi connectivity index (χ4n) is 2.82. The fraction of sp³-hybridized carbons (Fsp3) is 0.579. The third-order valence-electron chi connectivity index (χ3n) is 4.51. The summed E-state index contributed by atoms with van der Waals surface area (Å²) >= 11 is 0. The van der Waals surface area contributed by atoms with Crippen LogP contribution in [0.25, 0.3) is 0 Å². The number of aryl methyl sites for hydroxylation is 1. The second kappa shape index (κ2) is 7.50. The van der Waals surface area contributed by atoms with Crippen LogP contribution in [-0.2, 0) is 4.79 Å². The molecule has 0 fully saturated rings. The Bertz CT molecular complexity index is 744. The predicted molar refractivity (Wildman–Crippen MR) is 95.5 cm³/mol. The molecule has 1 atom stereocenters. The van der Waals surface area contributed by atoms with E-state index in [-0.39, 0.29) is 22.6 Å². The molecule has 27 heavy (non-hydrogen) atoms. The van der Waals surface area contributed by atoms with Crippen LogP contribution in [0, 0.1) is 12.8 Å². The topological polar surface area (TPSA) is 62.1 Å². The molecule has 150 valence electrons. The molecule has 1 aromatic carbocycles. The van der Waals surface area contributed by atoms with Crippen molar-refractivity contribution in [3.8, 4) is 5.75 Å². The maximum Gasteiger partial charge on any atom is 0.438 e. The molecule has 0 bridgehead atoms. The minimum atomic E-state index is -5.03. The highest BCUT2D eigenvalue weighted by molar-refractivity contribution is 5.92. The van der Waals surface area contributed by atoms with Crippen molar-refractivity contribution in [2.75, 3.05) is 6.61 Å². The van der Waals surface area contributed by atoms with Gasteiger partial charge in [-0.2, -0.15) is 23.3 Å². The fourth-order valence-corrected chi connectivity index (χ4v) is 2.82. The summed E-state index contributed by atoms with van der Waals surface area (Å²) in [4.78, 5) is 12.4. The van der Waals surface area contributed by atoms with Crippen LogP contribution in [0.15, 0.2) is 23.3 Å². The van der Waals surface area contributed by atoms with E-state index >= 15 is 0 Å². The predicted octanol–water partition coefficient (Wildman–Crippen LogP) is 3.99. The van der Waals surface area contributed by atoms with Gasteiger partial charge in [0.15, 0.2) is 6.61 Å². The Balaban J connectivity index is 2.25. The number of alkyl halides is 3. The van der Waals surface area contributed by atoms with Crippen LogP contribution in [0.4, 0.5) is 13.2 Å². The van der Waals surface area contributed by atoms with Gasteiger partial charge in [0.25, 0.3) is 11.6 Å². The third-order valence-corrected chi connectivity index (χ3v) is 4.51. The highest BCUT2D eigenvalue weighted by Gasteiger charge is 2.63. The number of hydrogen-bond acceptors (Lipinski definition) is 4. The molecule has 0 unspecified atom stereocenters. The van der Waals surface area contributed by atoms with Gasteiger partial charge in [-0.3, -0.25) is 4.79 Å². The lowest BCUT2D eigenvalue weighted by Gasteiger charge is -2.32. The van der Waals surface area contributed by atoms with E-state index in [2.05, 4.69) is 5.10 Å². The molecule has 2 rings (SSSR count). The van der Waals surface area contributed by atoms with Crippen molar-refractivity contribution in [2.45, 2.75) is 58.9 Å². The summed E-state index contributed by atoms with van der Waals surface area (Å²) in [5.41, 5.74) is -1.50. The van der Waals surface area contributed by atoms with Crippen molar-refractivity contribution in [1.82, 2.24) is 5.01 Å². The first kappa shape index (κ1) is 21.2. The monoisotopic (exact) mass is 386 g/mol. The molecule has 0 saturated carbocycles. The zero-order valence-electron chi connectivity index (χ0n) is 16.1. The Labute approximate surface area is 156 Å². The molecule has 0 radical (unpaired) electrons. The van der Waals surface area contributed by atoms with Gasteiger partial charge in [-0.1, -0.05) is 39.8 Å². The van der Waals surface area contributed by atoms with Crippen molar-refractivity contribution < 1.29 is 27.8 Å². The van der Waals surface area contributed by atoms with E-state index in [9.17, 15) is 23.1 Å². The number of rotatable bonds is 5. The highest BCUT2D eigenvalue weighted by Crippen LogP contribution is 2.41. The van der Waals surface area contributed by atoms with Crippen LogP contribution in [0.2, 0.25) is 0 Å². The zero-order chi connectivity index (χ0) is 20.6. The summed E-state index contributed by atoms with van der Waals surface area (Å²) in [5, 5.41) is 14.0. The Morgan fingerprint density at radius 3 is 2.44 bits per heavy atom. The van der Waals surface area contributed by atoms with Gasteiger partial charge in [0.05, 0.1) is 0 Å². The normalized spacial score (nSPS) is 20.4. The number of halogens is 3. The summed E-state index contributed by atoms with van der Waals surface area (Å²) in [7, 11) is 0. The number of amides is 1. The molecule has 1 aliphatic rings. The maximum atomic E-state index is 13.4. The van der Waals surface area contributed by atoms with Crippen molar-refractivity contribution >= 4 is 11.6 Å². The van der Waals surface area contributed by atoms with Crippen LogP contribution in [0.5, 0.6) is 5.75 Å². The molecule has 1 aliphatic heterocycles. The number of carbonyl (C=O) groups excluding carboxylic acids is 1. The first-order valence-electron chi connectivity index (χ1n) is 8.79. The lowest BCUT2D eigenvalue weighted by Crippen LogP contribution is -2.57. The van der Waals surface area contributed by atoms with Gasteiger partial charge in [0.2, 0.25) is 0 Å². The maximum absolute atomic E-state index is 13.4. The van der Waals surface area contributed by atoms with Crippen LogP contribution in [0.1, 0.15) is 51.2 Å². The number of nitrogens with zero attached hydrogens (tertiary/aromatic N) is 2. The summed E-state index contributed by atoms with van der Waals surface area (Å²) < 4.78 is 45.8. The van der Waals surface area contributed by atoms with E-state index in [4.69, 9.17) is 4.74 Å². The van der Waals surface area contributed by atoms with E-state index in [0.29, 0.717) is 5.75 Å². The number of carbonyl (C=O) groups is 1. The van der Waals surface area contributed by atoms with Gasteiger partial charge in [-0.05, 0) is 36.0 Å². The molecule has 0 aliphatic carbocycles. The molecule has 1 amide bonds. The molecule has 8 heteroatoms. The van der Waals surface area contributed by atoms with E-state index in [1.54, 1.807) is 19.9 Å². The summed E-state index contributed by atoms with van der Waals surface area (Å²) in [5.74, 6) is -0.843. The van der Waals surface area contributed by atoms with Gasteiger partial charge in [-0.15, -0.1) is 0 Å². The summed E-state index contributed by atoms with van der Waals surface area (Å²) in [6.07, 6.45) is -5.79. The summed E-state index contributed by atoms with van der Waals surface area (Å²) in [6, 6.07) is 5.48. The second-order valence-corrected chi connectivity index (χ2v) is 7.43. The zero-order valence-corrected chi connectivity index (χ0v) is 16.1. The van der Waals surface area contributed by atoms with Crippen LogP contribution in [-0.4, -0.2) is 40.2 Å². The van der Waals surface area contributed by atoms with Crippen molar-refractivity contribution in [3.05, 3.63) is 29.3 Å². The van der Waals surface area contributed by atoms with Gasteiger partial charge in [0, 0.05) is 12.1 Å². The number of hydrogen-bond donors (Lipinski definition) is 1. The number of benzene rings is 1. The average molecular weight is 386 g/mol. The minimum Gasteiger partial charge on any atom is -0.483 e. The van der Waals surface area contributed by atoms with Gasteiger partial charge in [-0.25, -0.2) is 0 Å². The molecular formula is C19H25F3N2O3. The van der Waals surface area contributed by atoms with Crippen LogP contribution < -0.4 is 4.74 Å². The molecular weight excluding hydrogens is 361 g/mol. The minimum absolute atomic E-state index is 0.111. The smallest absolute Gasteiger partial charge is 0.438 e. The largest absolute Gasteiger partial charge is 0.483 e. The van der Waals surface area contributed by atoms with Crippen LogP contribution >= 0.6 is 0 Å². The molecule has 0 saturated heterocycles. The molecule has 0 spiro atoms. The molecule has 1 aromatic rings. The van der Waals surface area contributed by atoms with E-state index in [0.717, 1.165) is 11.1 Å². The Morgan fingerprint density at radius 1 is 1.30 bits per heavy atom. The average Bonchev–Trinajstić information content (AvgIpc) is 2.91. The number of hydrazone groups is 1. The third kappa shape index (κ3) is 4.26. The van der Waals surface area contributed by atoms with Gasteiger partial charge in [0.1, 0.15) is 5.75 Å². The Morgan fingerprint density at radius 2 is 1.93 bits per heavy atom. The van der Waals surface area contributed by atoms with Crippen LogP contribution in [0.3, 0.4) is 0 Å². The molecule has 1 heterocycles. The lowest BCUT2D eigenvalue weighted by molar-refractivity contribution is -0.302. The number of ether oxygens (including phenoxy) is 1. The van der Waals surface area contributed by atoms with Gasteiger partial charge < -0.3 is 9.84 Å². The van der Waals surface area contributed by atoms with E-state index < -0.39 is 30.8 Å². The summed E-state index contributed by atoms with van der Waals surface area (Å²) in [6.45, 7) is 8.39. The van der Waals surface area contributed by atoms with E-state index in [1.807, 2.05) is 32.9 Å². The molecule has 5 nitrogen and oxygen atoms in total. The standard InChI is InChI=1S/C19H25F3N2O3/c1-11(2)14-7-6-13(5)8-16(14)27-10-17(25)24-18(26,19(20,21)22)9-15(23-24)12(3)4/h6-8,11-12,26H,9-10H2,1-5H3/t18-/m1/s1. The molecule has 1 N–H and O–H groups in total. The Kier molecular flexibility index (Phi) is 5.89. The quantitative estimate of drug-likeness (QED) is 0.832.